The third-order valence-electron chi connectivity index (χ3n) is 3.83. The summed E-state index contributed by atoms with van der Waals surface area (Å²) >= 11 is 0. The van der Waals surface area contributed by atoms with E-state index in [9.17, 15) is 24.3 Å². The molecule has 1 aliphatic heterocycles. The van der Waals surface area contributed by atoms with Crippen LogP contribution in [0.5, 0.6) is 0 Å². The van der Waals surface area contributed by atoms with Gasteiger partial charge in [0.1, 0.15) is 5.78 Å². The van der Waals surface area contributed by atoms with Crippen molar-refractivity contribution in [1.29, 1.82) is 0 Å². The summed E-state index contributed by atoms with van der Waals surface area (Å²) in [7, 11) is 0. The number of nitrogens with zero attached hydrogens (tertiary/aromatic N) is 1. The van der Waals surface area contributed by atoms with Gasteiger partial charge in [-0.3, -0.25) is 14.4 Å². The molecule has 9 heteroatoms. The van der Waals surface area contributed by atoms with Crippen LogP contribution in [0.25, 0.3) is 0 Å². The van der Waals surface area contributed by atoms with Crippen LogP contribution in [-0.4, -0.2) is 60.8 Å². The lowest BCUT2D eigenvalue weighted by Crippen LogP contribution is -2.61. The summed E-state index contributed by atoms with van der Waals surface area (Å²) in [6, 6.07) is 0. The molecule has 0 aromatic carbocycles. The van der Waals surface area contributed by atoms with Crippen molar-refractivity contribution < 1.29 is 39.3 Å². The second-order valence-corrected chi connectivity index (χ2v) is 7.36. The Kier molecular flexibility index (Phi) is 5.41. The van der Waals surface area contributed by atoms with Gasteiger partial charge >= 0.3 is 17.9 Å². The smallest absolute Gasteiger partial charge is 0.336 e. The molecule has 1 heterocycles. The van der Waals surface area contributed by atoms with Gasteiger partial charge in [-0.25, -0.2) is 4.79 Å². The Morgan fingerprint density at radius 2 is 1.54 bits per heavy atom. The highest BCUT2D eigenvalue weighted by molar-refractivity contribution is 5.88. The van der Waals surface area contributed by atoms with E-state index in [0.29, 0.717) is 0 Å². The fourth-order valence-electron chi connectivity index (χ4n) is 3.07. The van der Waals surface area contributed by atoms with Crippen LogP contribution in [0, 0.1) is 0 Å². The van der Waals surface area contributed by atoms with E-state index < -0.39 is 47.4 Å². The molecule has 1 saturated heterocycles. The van der Waals surface area contributed by atoms with Gasteiger partial charge in [-0.15, -0.1) is 5.06 Å². The van der Waals surface area contributed by atoms with Gasteiger partial charge in [0, 0.05) is 12.8 Å². The van der Waals surface area contributed by atoms with Gasteiger partial charge in [-0.05, 0) is 27.7 Å². The van der Waals surface area contributed by atoms with Crippen LogP contribution in [-0.2, 0) is 24.0 Å². The minimum atomic E-state index is -2.76. The van der Waals surface area contributed by atoms with Crippen molar-refractivity contribution in [2.75, 3.05) is 0 Å². The predicted octanol–water partition coefficient (Wildman–Crippen LogP) is 0.347. The SMILES string of the molecule is CC1(C)CC(=O)CC(C)(C)N1OC(=O)CC(O)(CC(=O)O)C(=O)O. The summed E-state index contributed by atoms with van der Waals surface area (Å²) in [6.45, 7) is 6.78. The third kappa shape index (κ3) is 4.51. The van der Waals surface area contributed by atoms with Gasteiger partial charge < -0.3 is 20.2 Å². The highest BCUT2D eigenvalue weighted by atomic mass is 16.7. The van der Waals surface area contributed by atoms with Crippen LogP contribution >= 0.6 is 0 Å². The normalized spacial score (nSPS) is 22.5. The number of rotatable bonds is 6. The van der Waals surface area contributed by atoms with Gasteiger partial charge in [0.25, 0.3) is 0 Å². The average molecular weight is 345 g/mol. The Morgan fingerprint density at radius 3 is 1.92 bits per heavy atom. The van der Waals surface area contributed by atoms with Gasteiger partial charge in [-0.1, -0.05) is 0 Å². The molecule has 0 radical (unpaired) electrons. The molecule has 24 heavy (non-hydrogen) atoms. The molecular formula is C15H23NO8. The number of carboxylic acid groups (broad SMARTS) is 2. The summed E-state index contributed by atoms with van der Waals surface area (Å²) in [4.78, 5) is 51.0. The molecule has 1 atom stereocenters. The zero-order valence-electron chi connectivity index (χ0n) is 14.2. The summed E-state index contributed by atoms with van der Waals surface area (Å²) < 4.78 is 0. The molecule has 9 nitrogen and oxygen atoms in total. The fraction of sp³-hybridized carbons (Fsp3) is 0.733. The summed E-state index contributed by atoms with van der Waals surface area (Å²) in [5, 5.41) is 28.9. The lowest BCUT2D eigenvalue weighted by Gasteiger charge is -2.49. The summed E-state index contributed by atoms with van der Waals surface area (Å²) in [6.07, 6.45) is -1.88. The first-order chi connectivity index (χ1) is 10.7. The Hall–Kier alpha value is -2.00. The van der Waals surface area contributed by atoms with Crippen LogP contribution in [0.1, 0.15) is 53.4 Å². The molecule has 1 unspecified atom stereocenters. The topological polar surface area (TPSA) is 141 Å². The zero-order valence-corrected chi connectivity index (χ0v) is 14.2. The van der Waals surface area contributed by atoms with Gasteiger partial charge in [-0.2, -0.15) is 0 Å². The Balaban J connectivity index is 2.94. The molecular weight excluding hydrogens is 322 g/mol. The van der Waals surface area contributed by atoms with E-state index >= 15 is 0 Å². The molecule has 136 valence electrons. The van der Waals surface area contributed by atoms with Crippen LogP contribution in [0.15, 0.2) is 0 Å². The Bertz CT molecular complexity index is 548. The first kappa shape index (κ1) is 20.0. The number of aliphatic carboxylic acids is 2. The number of piperidine rings is 1. The van der Waals surface area contributed by atoms with Crippen molar-refractivity contribution in [3.05, 3.63) is 0 Å². The van der Waals surface area contributed by atoms with E-state index in [2.05, 4.69) is 0 Å². The van der Waals surface area contributed by atoms with Gasteiger partial charge in [0.2, 0.25) is 0 Å². The monoisotopic (exact) mass is 345 g/mol. The lowest BCUT2D eigenvalue weighted by molar-refractivity contribution is -0.263. The highest BCUT2D eigenvalue weighted by Crippen LogP contribution is 2.37. The molecule has 0 aromatic rings. The molecule has 1 fully saturated rings. The highest BCUT2D eigenvalue weighted by Gasteiger charge is 2.49. The number of carbonyl (C=O) groups is 4. The number of Topliss-reactive ketones (excluding diaryl/α,β-unsaturated/α-hetero) is 1. The Morgan fingerprint density at radius 1 is 1.08 bits per heavy atom. The number of carboxylic acids is 2. The zero-order chi connectivity index (χ0) is 18.9. The van der Waals surface area contributed by atoms with Crippen molar-refractivity contribution >= 4 is 23.7 Å². The summed E-state index contributed by atoms with van der Waals surface area (Å²) in [5.41, 5.74) is -4.39. The molecule has 0 saturated carbocycles. The second-order valence-electron chi connectivity index (χ2n) is 7.36. The first-order valence-corrected chi connectivity index (χ1v) is 7.40. The number of aliphatic hydroxyl groups is 1. The standard InChI is InChI=1S/C15H23NO8/c1-13(2)5-9(17)6-14(3,4)16(13)24-11(20)8-15(23,12(21)22)7-10(18)19/h23H,5-8H2,1-4H3,(H,18,19)(H,21,22). The van der Waals surface area contributed by atoms with Crippen LogP contribution in [0.3, 0.4) is 0 Å². The maximum atomic E-state index is 12.1. The maximum Gasteiger partial charge on any atom is 0.336 e. The van der Waals surface area contributed by atoms with Crippen LogP contribution in [0.4, 0.5) is 0 Å². The quantitative estimate of drug-likeness (QED) is 0.621. The van der Waals surface area contributed by atoms with E-state index in [1.165, 1.54) is 5.06 Å². The predicted molar refractivity (Wildman–Crippen MR) is 79.8 cm³/mol. The van der Waals surface area contributed by atoms with E-state index in [-0.39, 0.29) is 18.6 Å². The number of carbonyl (C=O) groups excluding carboxylic acids is 2. The number of hydrogen-bond acceptors (Lipinski definition) is 7. The molecule has 0 amide bonds. The minimum absolute atomic E-state index is 0.00483. The summed E-state index contributed by atoms with van der Waals surface area (Å²) in [5.74, 6) is -4.46. The third-order valence-corrected chi connectivity index (χ3v) is 3.83. The van der Waals surface area contributed by atoms with Crippen molar-refractivity contribution in [2.45, 2.75) is 70.1 Å². The van der Waals surface area contributed by atoms with Gasteiger partial charge in [0.05, 0.1) is 23.9 Å². The molecule has 0 aliphatic carbocycles. The van der Waals surface area contributed by atoms with Crippen LogP contribution < -0.4 is 0 Å². The van der Waals surface area contributed by atoms with E-state index in [1.807, 2.05) is 0 Å². The van der Waals surface area contributed by atoms with E-state index in [0.717, 1.165) is 0 Å². The van der Waals surface area contributed by atoms with E-state index in [4.69, 9.17) is 15.1 Å². The molecule has 3 N–H and O–H groups in total. The van der Waals surface area contributed by atoms with E-state index in [1.54, 1.807) is 27.7 Å². The maximum absolute atomic E-state index is 12.1. The molecule has 1 rings (SSSR count). The lowest BCUT2D eigenvalue weighted by atomic mass is 9.81. The van der Waals surface area contributed by atoms with Crippen molar-refractivity contribution in [3.8, 4) is 0 Å². The first-order valence-electron chi connectivity index (χ1n) is 7.40. The molecule has 0 bridgehead atoms. The average Bonchev–Trinajstić information content (AvgIpc) is 2.31. The largest absolute Gasteiger partial charge is 0.481 e. The molecule has 0 aromatic heterocycles. The number of hydroxylamine groups is 2. The fourth-order valence-corrected chi connectivity index (χ4v) is 3.07. The number of hydrogen-bond donors (Lipinski definition) is 3. The minimum Gasteiger partial charge on any atom is -0.481 e. The second kappa shape index (κ2) is 6.48. The molecule has 0 spiro atoms. The molecule has 1 aliphatic rings. The number of ketones is 1. The van der Waals surface area contributed by atoms with Crippen molar-refractivity contribution in [2.24, 2.45) is 0 Å². The van der Waals surface area contributed by atoms with Crippen LogP contribution in [0.2, 0.25) is 0 Å². The van der Waals surface area contributed by atoms with Gasteiger partial charge in [0.15, 0.2) is 5.60 Å². The van der Waals surface area contributed by atoms with Crippen molar-refractivity contribution in [3.63, 3.8) is 0 Å². The Labute approximate surface area is 139 Å². The van der Waals surface area contributed by atoms with Crippen molar-refractivity contribution in [1.82, 2.24) is 5.06 Å².